The van der Waals surface area contributed by atoms with Crippen molar-refractivity contribution in [2.75, 3.05) is 0 Å². The molecule has 0 amide bonds. The lowest BCUT2D eigenvalue weighted by Gasteiger charge is -2.11. The summed E-state index contributed by atoms with van der Waals surface area (Å²) in [7, 11) is 0. The molecular formula is C12H13F3N2. The van der Waals surface area contributed by atoms with Crippen molar-refractivity contribution in [1.82, 2.24) is 0 Å². The van der Waals surface area contributed by atoms with Crippen LogP contribution >= 0.6 is 0 Å². The number of alkyl halides is 3. The smallest absolute Gasteiger partial charge is 0.178 e. The molecule has 1 aromatic carbocycles. The number of halogens is 3. The summed E-state index contributed by atoms with van der Waals surface area (Å²) >= 11 is 0. The van der Waals surface area contributed by atoms with Crippen molar-refractivity contribution in [3.8, 4) is 0 Å². The molecule has 0 saturated heterocycles. The number of nitrogens with zero attached hydrogens (tertiary/aromatic N) is 2. The third-order valence-electron chi connectivity index (χ3n) is 2.12. The number of azo groups is 1. The van der Waals surface area contributed by atoms with Crippen LogP contribution in [0.1, 0.15) is 19.4 Å². The van der Waals surface area contributed by atoms with Crippen LogP contribution in [0.2, 0.25) is 0 Å². The first kappa shape index (κ1) is 13.4. The molecular weight excluding hydrogens is 229 g/mol. The van der Waals surface area contributed by atoms with Gasteiger partial charge in [0.25, 0.3) is 0 Å². The molecule has 17 heavy (non-hydrogen) atoms. The fourth-order valence-electron chi connectivity index (χ4n) is 0.945. The van der Waals surface area contributed by atoms with Crippen molar-refractivity contribution in [3.63, 3.8) is 0 Å². The third kappa shape index (κ3) is 4.01. The van der Waals surface area contributed by atoms with Crippen molar-refractivity contribution < 1.29 is 13.2 Å². The van der Waals surface area contributed by atoms with Crippen LogP contribution in [0.4, 0.5) is 18.9 Å². The predicted molar refractivity (Wildman–Crippen MR) is 60.2 cm³/mol. The molecule has 1 rings (SSSR count). The first-order valence-electron chi connectivity index (χ1n) is 4.98. The van der Waals surface area contributed by atoms with E-state index in [0.29, 0.717) is 5.69 Å². The zero-order valence-electron chi connectivity index (χ0n) is 9.62. The third-order valence-corrected chi connectivity index (χ3v) is 2.12. The summed E-state index contributed by atoms with van der Waals surface area (Å²) in [6.45, 7) is 7.19. The van der Waals surface area contributed by atoms with Crippen molar-refractivity contribution in [2.24, 2.45) is 10.2 Å². The highest BCUT2D eigenvalue weighted by Crippen LogP contribution is 2.30. The van der Waals surface area contributed by atoms with Crippen molar-refractivity contribution in [1.29, 1.82) is 0 Å². The highest BCUT2D eigenvalue weighted by atomic mass is 19.4. The topological polar surface area (TPSA) is 24.7 Å². The van der Waals surface area contributed by atoms with Gasteiger partial charge in [0.1, 0.15) is 0 Å². The standard InChI is InChI=1S/C12H13F3N2/c1-4-11(2,3)17-16-10-7-5-9(6-8-10)12(13,14)15/h4-8H,1H2,2-3H3. The van der Waals surface area contributed by atoms with Gasteiger partial charge in [0.2, 0.25) is 0 Å². The molecule has 0 aliphatic heterocycles. The van der Waals surface area contributed by atoms with E-state index < -0.39 is 17.3 Å². The lowest BCUT2D eigenvalue weighted by molar-refractivity contribution is -0.137. The van der Waals surface area contributed by atoms with Gasteiger partial charge in [0.05, 0.1) is 16.8 Å². The fourth-order valence-corrected chi connectivity index (χ4v) is 0.945. The molecule has 0 aliphatic rings. The molecule has 0 saturated carbocycles. The Labute approximate surface area is 97.9 Å². The first-order valence-corrected chi connectivity index (χ1v) is 4.98. The van der Waals surface area contributed by atoms with E-state index in [1.807, 2.05) is 0 Å². The van der Waals surface area contributed by atoms with E-state index in [-0.39, 0.29) is 0 Å². The molecule has 0 spiro atoms. The molecule has 1 aromatic rings. The van der Waals surface area contributed by atoms with E-state index in [2.05, 4.69) is 16.8 Å². The number of benzene rings is 1. The van der Waals surface area contributed by atoms with Crippen LogP contribution in [0.25, 0.3) is 0 Å². The summed E-state index contributed by atoms with van der Waals surface area (Å²) in [4.78, 5) is 0. The molecule has 0 fully saturated rings. The lowest BCUT2D eigenvalue weighted by Crippen LogP contribution is -2.09. The van der Waals surface area contributed by atoms with Gasteiger partial charge in [-0.2, -0.15) is 23.4 Å². The van der Waals surface area contributed by atoms with Crippen LogP contribution in [0.5, 0.6) is 0 Å². The van der Waals surface area contributed by atoms with Gasteiger partial charge in [-0.15, -0.1) is 6.58 Å². The van der Waals surface area contributed by atoms with Gasteiger partial charge in [-0.25, -0.2) is 0 Å². The largest absolute Gasteiger partial charge is 0.416 e. The minimum atomic E-state index is -4.32. The van der Waals surface area contributed by atoms with Crippen LogP contribution in [0, 0.1) is 0 Å². The van der Waals surface area contributed by atoms with Gasteiger partial charge in [-0.05, 0) is 38.1 Å². The Bertz CT molecular complexity index is 416. The molecule has 0 aliphatic carbocycles. The second-order valence-electron chi connectivity index (χ2n) is 4.10. The molecule has 2 nitrogen and oxygen atoms in total. The van der Waals surface area contributed by atoms with Gasteiger partial charge >= 0.3 is 6.18 Å². The van der Waals surface area contributed by atoms with E-state index in [1.54, 1.807) is 19.9 Å². The van der Waals surface area contributed by atoms with Crippen LogP contribution in [-0.2, 0) is 6.18 Å². The first-order chi connectivity index (χ1) is 7.74. The highest BCUT2D eigenvalue weighted by Gasteiger charge is 2.29. The summed E-state index contributed by atoms with van der Waals surface area (Å²) in [5, 5.41) is 7.82. The number of rotatable bonds is 3. The zero-order chi connectivity index (χ0) is 13.1. The summed E-state index contributed by atoms with van der Waals surface area (Å²) < 4.78 is 36.8. The molecule has 92 valence electrons. The average molecular weight is 242 g/mol. The Morgan fingerprint density at radius 2 is 1.65 bits per heavy atom. The Morgan fingerprint density at radius 3 is 2.06 bits per heavy atom. The van der Waals surface area contributed by atoms with E-state index in [9.17, 15) is 13.2 Å². The molecule has 0 unspecified atom stereocenters. The van der Waals surface area contributed by atoms with Gasteiger partial charge < -0.3 is 0 Å². The van der Waals surface area contributed by atoms with Crippen LogP contribution in [0.15, 0.2) is 47.1 Å². The van der Waals surface area contributed by atoms with E-state index in [0.717, 1.165) is 12.1 Å². The normalized spacial score (nSPS) is 13.0. The summed E-state index contributed by atoms with van der Waals surface area (Å²) in [6.07, 6.45) is -2.71. The molecule has 0 bridgehead atoms. The fraction of sp³-hybridized carbons (Fsp3) is 0.333. The second kappa shape index (κ2) is 4.69. The zero-order valence-corrected chi connectivity index (χ0v) is 9.62. The summed E-state index contributed by atoms with van der Waals surface area (Å²) in [6, 6.07) is 4.53. The Balaban J connectivity index is 2.86. The van der Waals surface area contributed by atoms with Gasteiger partial charge in [-0.3, -0.25) is 0 Å². The van der Waals surface area contributed by atoms with Gasteiger partial charge in [-0.1, -0.05) is 6.08 Å². The SMILES string of the molecule is C=CC(C)(C)N=Nc1ccc(C(F)(F)F)cc1. The van der Waals surface area contributed by atoms with Crippen LogP contribution in [0.3, 0.4) is 0 Å². The van der Waals surface area contributed by atoms with Gasteiger partial charge in [0, 0.05) is 0 Å². The van der Waals surface area contributed by atoms with Crippen LogP contribution in [-0.4, -0.2) is 5.54 Å². The molecule has 0 radical (unpaired) electrons. The minimum absolute atomic E-state index is 0.382. The van der Waals surface area contributed by atoms with Gasteiger partial charge in [0.15, 0.2) is 0 Å². The van der Waals surface area contributed by atoms with Crippen molar-refractivity contribution >= 4 is 5.69 Å². The summed E-state index contributed by atoms with van der Waals surface area (Å²) in [5.74, 6) is 0. The van der Waals surface area contributed by atoms with E-state index >= 15 is 0 Å². The molecule has 0 atom stereocenters. The van der Waals surface area contributed by atoms with Crippen molar-refractivity contribution in [2.45, 2.75) is 25.6 Å². The van der Waals surface area contributed by atoms with E-state index in [1.165, 1.54) is 12.1 Å². The Kier molecular flexibility index (Phi) is 3.70. The predicted octanol–water partition coefficient (Wildman–Crippen LogP) is 4.75. The molecule has 5 heteroatoms. The van der Waals surface area contributed by atoms with Crippen molar-refractivity contribution in [3.05, 3.63) is 42.5 Å². The molecule has 0 heterocycles. The monoisotopic (exact) mass is 242 g/mol. The quantitative estimate of drug-likeness (QED) is 0.539. The molecule has 0 aromatic heterocycles. The minimum Gasteiger partial charge on any atom is -0.178 e. The number of hydrogen-bond acceptors (Lipinski definition) is 2. The maximum atomic E-state index is 12.3. The summed E-state index contributed by atoms with van der Waals surface area (Å²) in [5.41, 5.74) is -0.838. The lowest BCUT2D eigenvalue weighted by atomic mass is 10.1. The van der Waals surface area contributed by atoms with E-state index in [4.69, 9.17) is 0 Å². The van der Waals surface area contributed by atoms with Crippen LogP contribution < -0.4 is 0 Å². The molecule has 0 N–H and O–H groups in total. The highest BCUT2D eigenvalue weighted by molar-refractivity contribution is 5.39. The Morgan fingerprint density at radius 1 is 1.12 bits per heavy atom. The average Bonchev–Trinajstić information content (AvgIpc) is 2.26. The second-order valence-corrected chi connectivity index (χ2v) is 4.10. The Hall–Kier alpha value is -1.65. The maximum Gasteiger partial charge on any atom is 0.416 e. The maximum absolute atomic E-state index is 12.3. The number of hydrogen-bond donors (Lipinski definition) is 0.